The Morgan fingerprint density at radius 1 is 1.00 bits per heavy atom. The van der Waals surface area contributed by atoms with Crippen LogP contribution in [0.4, 0.5) is 10.5 Å². The van der Waals surface area contributed by atoms with Crippen LogP contribution >= 0.6 is 0 Å². The molecule has 1 unspecified atom stereocenters. The SMILES string of the molecule is O=C(O)CCCN(CCCNC(=O)Nc1ccc(O)cc1)C1CCc2ccc(O)cc21. The van der Waals surface area contributed by atoms with Gasteiger partial charge in [-0.1, -0.05) is 6.07 Å². The Balaban J connectivity index is 1.52. The van der Waals surface area contributed by atoms with E-state index in [1.807, 2.05) is 6.07 Å². The minimum Gasteiger partial charge on any atom is -0.508 e. The third-order valence-corrected chi connectivity index (χ3v) is 5.49. The molecule has 2 amide bonds. The number of hydrogen-bond donors (Lipinski definition) is 5. The van der Waals surface area contributed by atoms with Gasteiger partial charge in [0.1, 0.15) is 11.5 Å². The summed E-state index contributed by atoms with van der Waals surface area (Å²) in [5.41, 5.74) is 2.92. The molecule has 0 saturated carbocycles. The number of carboxylic acids is 1. The number of carboxylic acid groups (broad SMARTS) is 1. The zero-order valence-corrected chi connectivity index (χ0v) is 17.4. The highest BCUT2D eigenvalue weighted by Gasteiger charge is 2.28. The third-order valence-electron chi connectivity index (χ3n) is 5.49. The first-order valence-corrected chi connectivity index (χ1v) is 10.5. The van der Waals surface area contributed by atoms with E-state index >= 15 is 0 Å². The lowest BCUT2D eigenvalue weighted by molar-refractivity contribution is -0.137. The standard InChI is InChI=1S/C23H29N3O5/c27-18-9-6-17(7-10-18)25-23(31)24-12-2-14-26(13-1-3-22(29)30)21-11-5-16-4-8-19(28)15-20(16)21/h4,6-10,15,21,27-28H,1-3,5,11-14H2,(H,29,30)(H2,24,25,31). The van der Waals surface area contributed by atoms with Crippen LogP contribution < -0.4 is 10.6 Å². The van der Waals surface area contributed by atoms with Crippen LogP contribution in [-0.4, -0.2) is 51.9 Å². The second kappa shape index (κ2) is 10.7. The molecule has 1 aliphatic carbocycles. The van der Waals surface area contributed by atoms with Crippen LogP contribution in [0.15, 0.2) is 42.5 Å². The second-order valence-corrected chi connectivity index (χ2v) is 7.75. The number of benzene rings is 2. The number of urea groups is 1. The Labute approximate surface area is 181 Å². The number of carbonyl (C=O) groups excluding carboxylic acids is 1. The number of aryl methyl sites for hydroxylation is 1. The molecule has 0 radical (unpaired) electrons. The quantitative estimate of drug-likeness (QED) is 0.292. The minimum absolute atomic E-state index is 0.114. The number of aliphatic carboxylic acids is 1. The minimum atomic E-state index is -0.808. The van der Waals surface area contributed by atoms with Crippen molar-refractivity contribution in [2.24, 2.45) is 0 Å². The van der Waals surface area contributed by atoms with Crippen LogP contribution in [0.5, 0.6) is 11.5 Å². The Morgan fingerprint density at radius 3 is 2.45 bits per heavy atom. The van der Waals surface area contributed by atoms with Crippen molar-refractivity contribution < 1.29 is 24.9 Å². The molecule has 0 heterocycles. The summed E-state index contributed by atoms with van der Waals surface area (Å²) in [6, 6.07) is 11.5. The van der Waals surface area contributed by atoms with E-state index in [-0.39, 0.29) is 30.0 Å². The van der Waals surface area contributed by atoms with Crippen molar-refractivity contribution in [1.82, 2.24) is 10.2 Å². The molecular formula is C23H29N3O5. The molecule has 0 saturated heterocycles. The van der Waals surface area contributed by atoms with Gasteiger partial charge < -0.3 is 26.0 Å². The van der Waals surface area contributed by atoms with Gasteiger partial charge in [-0.05, 0) is 79.8 Å². The van der Waals surface area contributed by atoms with Crippen LogP contribution in [0, 0.1) is 0 Å². The zero-order chi connectivity index (χ0) is 22.2. The first kappa shape index (κ1) is 22.4. The Morgan fingerprint density at radius 2 is 1.71 bits per heavy atom. The van der Waals surface area contributed by atoms with Gasteiger partial charge in [0.05, 0.1) is 0 Å². The lowest BCUT2D eigenvalue weighted by Gasteiger charge is -2.29. The van der Waals surface area contributed by atoms with Crippen molar-refractivity contribution in [3.05, 3.63) is 53.6 Å². The van der Waals surface area contributed by atoms with E-state index in [4.69, 9.17) is 5.11 Å². The number of aromatic hydroxyl groups is 2. The Kier molecular flexibility index (Phi) is 7.72. The van der Waals surface area contributed by atoms with Crippen LogP contribution in [0.25, 0.3) is 0 Å². The average molecular weight is 428 g/mol. The van der Waals surface area contributed by atoms with E-state index in [1.54, 1.807) is 24.3 Å². The second-order valence-electron chi connectivity index (χ2n) is 7.75. The summed E-state index contributed by atoms with van der Waals surface area (Å²) < 4.78 is 0. The van der Waals surface area contributed by atoms with Gasteiger partial charge in [0, 0.05) is 31.2 Å². The predicted molar refractivity (Wildman–Crippen MR) is 117 cm³/mol. The topological polar surface area (TPSA) is 122 Å². The average Bonchev–Trinajstić information content (AvgIpc) is 3.14. The normalized spacial score (nSPS) is 14.9. The molecule has 0 aliphatic heterocycles. The molecule has 2 aromatic carbocycles. The van der Waals surface area contributed by atoms with E-state index in [0.717, 1.165) is 18.4 Å². The number of phenols is 2. The molecular weight excluding hydrogens is 398 g/mol. The number of fused-ring (bicyclic) bond motifs is 1. The van der Waals surface area contributed by atoms with Crippen molar-refractivity contribution in [2.75, 3.05) is 25.0 Å². The van der Waals surface area contributed by atoms with E-state index in [1.165, 1.54) is 17.7 Å². The Bertz CT molecular complexity index is 901. The summed E-state index contributed by atoms with van der Waals surface area (Å²) in [5, 5.41) is 33.7. The van der Waals surface area contributed by atoms with Crippen LogP contribution in [0.2, 0.25) is 0 Å². The van der Waals surface area contributed by atoms with Crippen molar-refractivity contribution in [3.63, 3.8) is 0 Å². The molecule has 8 nitrogen and oxygen atoms in total. The van der Waals surface area contributed by atoms with Gasteiger partial charge in [0.15, 0.2) is 0 Å². The van der Waals surface area contributed by atoms with Crippen LogP contribution in [-0.2, 0) is 11.2 Å². The molecule has 0 aromatic heterocycles. The maximum absolute atomic E-state index is 12.1. The largest absolute Gasteiger partial charge is 0.508 e. The molecule has 1 aliphatic rings. The molecule has 3 rings (SSSR count). The fraction of sp³-hybridized carbons (Fsp3) is 0.391. The molecule has 2 aromatic rings. The molecule has 166 valence electrons. The van der Waals surface area contributed by atoms with Crippen molar-refractivity contribution in [2.45, 2.75) is 38.1 Å². The number of hydrogen-bond acceptors (Lipinski definition) is 5. The summed E-state index contributed by atoms with van der Waals surface area (Å²) in [4.78, 5) is 25.2. The van der Waals surface area contributed by atoms with E-state index in [0.29, 0.717) is 38.2 Å². The molecule has 5 N–H and O–H groups in total. The van der Waals surface area contributed by atoms with Crippen molar-refractivity contribution >= 4 is 17.7 Å². The van der Waals surface area contributed by atoms with Crippen molar-refractivity contribution in [3.8, 4) is 11.5 Å². The fourth-order valence-corrected chi connectivity index (χ4v) is 4.01. The smallest absolute Gasteiger partial charge is 0.319 e. The first-order valence-electron chi connectivity index (χ1n) is 10.5. The molecule has 0 bridgehead atoms. The summed E-state index contributed by atoms with van der Waals surface area (Å²) in [6.07, 6.45) is 3.24. The number of carbonyl (C=O) groups is 2. The summed E-state index contributed by atoms with van der Waals surface area (Å²) in [7, 11) is 0. The van der Waals surface area contributed by atoms with Gasteiger partial charge >= 0.3 is 12.0 Å². The van der Waals surface area contributed by atoms with E-state index in [2.05, 4.69) is 15.5 Å². The van der Waals surface area contributed by atoms with Gasteiger partial charge in [-0.3, -0.25) is 9.69 Å². The summed E-state index contributed by atoms with van der Waals surface area (Å²) >= 11 is 0. The third kappa shape index (κ3) is 6.62. The van der Waals surface area contributed by atoms with Gasteiger partial charge in [0.25, 0.3) is 0 Å². The molecule has 1 atom stereocenters. The maximum atomic E-state index is 12.1. The summed E-state index contributed by atoms with van der Waals surface area (Å²) in [5.74, 6) is -0.434. The number of anilines is 1. The van der Waals surface area contributed by atoms with Crippen LogP contribution in [0.1, 0.15) is 42.9 Å². The predicted octanol–water partition coefficient (Wildman–Crippen LogP) is 3.46. The fourth-order valence-electron chi connectivity index (χ4n) is 4.01. The zero-order valence-electron chi connectivity index (χ0n) is 17.4. The van der Waals surface area contributed by atoms with Gasteiger partial charge in [-0.15, -0.1) is 0 Å². The molecule has 31 heavy (non-hydrogen) atoms. The summed E-state index contributed by atoms with van der Waals surface area (Å²) in [6.45, 7) is 1.82. The molecule has 0 fully saturated rings. The molecule has 0 spiro atoms. The van der Waals surface area contributed by atoms with E-state index in [9.17, 15) is 19.8 Å². The Hall–Kier alpha value is -3.26. The number of rotatable bonds is 10. The van der Waals surface area contributed by atoms with Gasteiger partial charge in [0.2, 0.25) is 0 Å². The number of nitrogens with zero attached hydrogens (tertiary/aromatic N) is 1. The number of phenolic OH excluding ortho intramolecular Hbond substituents is 2. The maximum Gasteiger partial charge on any atom is 0.319 e. The van der Waals surface area contributed by atoms with Gasteiger partial charge in [-0.2, -0.15) is 0 Å². The highest BCUT2D eigenvalue weighted by Crippen LogP contribution is 2.37. The first-order chi connectivity index (χ1) is 14.9. The number of nitrogens with one attached hydrogen (secondary N) is 2. The lowest BCUT2D eigenvalue weighted by Crippen LogP contribution is -2.34. The molecule has 8 heteroatoms. The van der Waals surface area contributed by atoms with Crippen molar-refractivity contribution in [1.29, 1.82) is 0 Å². The monoisotopic (exact) mass is 427 g/mol. The van der Waals surface area contributed by atoms with Gasteiger partial charge in [-0.25, -0.2) is 4.79 Å². The highest BCUT2D eigenvalue weighted by atomic mass is 16.4. The lowest BCUT2D eigenvalue weighted by atomic mass is 10.1. The van der Waals surface area contributed by atoms with Crippen LogP contribution in [0.3, 0.4) is 0 Å². The highest BCUT2D eigenvalue weighted by molar-refractivity contribution is 5.89. The van der Waals surface area contributed by atoms with E-state index < -0.39 is 5.97 Å². The number of amides is 2.